The van der Waals surface area contributed by atoms with E-state index in [1.165, 1.54) is 7.11 Å². The molecule has 5 nitrogen and oxygen atoms in total. The fraction of sp³-hybridized carbons (Fsp3) is 0.636. The quantitative estimate of drug-likeness (QED) is 0.750. The molecule has 0 spiro atoms. The van der Waals surface area contributed by atoms with Crippen molar-refractivity contribution in [1.29, 1.82) is 0 Å². The molecular formula is C11H19N3O2. The van der Waals surface area contributed by atoms with E-state index in [9.17, 15) is 4.79 Å². The second-order valence-electron chi connectivity index (χ2n) is 4.50. The highest BCUT2D eigenvalue weighted by Crippen LogP contribution is 2.15. The van der Waals surface area contributed by atoms with E-state index < -0.39 is 5.41 Å². The molecule has 0 saturated heterocycles. The van der Waals surface area contributed by atoms with Crippen molar-refractivity contribution in [3.8, 4) is 0 Å². The first-order valence-corrected chi connectivity index (χ1v) is 5.22. The molecule has 0 aliphatic carbocycles. The molecule has 0 atom stereocenters. The maximum absolute atomic E-state index is 11.4. The van der Waals surface area contributed by atoms with Gasteiger partial charge in [-0.3, -0.25) is 9.48 Å². The Morgan fingerprint density at radius 2 is 2.31 bits per heavy atom. The SMILES string of the molecule is COC(=O)C(C)(C)CNCc1cnn(C)c1. The first-order chi connectivity index (χ1) is 7.45. The molecule has 90 valence electrons. The van der Waals surface area contributed by atoms with Gasteiger partial charge in [-0.15, -0.1) is 0 Å². The molecule has 0 fully saturated rings. The van der Waals surface area contributed by atoms with Crippen LogP contribution in [0.25, 0.3) is 0 Å². The lowest BCUT2D eigenvalue weighted by atomic mass is 9.94. The monoisotopic (exact) mass is 225 g/mol. The summed E-state index contributed by atoms with van der Waals surface area (Å²) in [4.78, 5) is 11.4. The highest BCUT2D eigenvalue weighted by atomic mass is 16.5. The Hall–Kier alpha value is -1.36. The van der Waals surface area contributed by atoms with Crippen LogP contribution in [0.4, 0.5) is 0 Å². The number of nitrogens with zero attached hydrogens (tertiary/aromatic N) is 2. The lowest BCUT2D eigenvalue weighted by molar-refractivity contribution is -0.150. The minimum absolute atomic E-state index is 0.203. The molecule has 1 aromatic rings. The van der Waals surface area contributed by atoms with Crippen LogP contribution >= 0.6 is 0 Å². The maximum atomic E-state index is 11.4. The molecule has 0 aliphatic rings. The van der Waals surface area contributed by atoms with Gasteiger partial charge in [-0.05, 0) is 13.8 Å². The van der Waals surface area contributed by atoms with Gasteiger partial charge >= 0.3 is 5.97 Å². The topological polar surface area (TPSA) is 56.1 Å². The number of rotatable bonds is 5. The van der Waals surface area contributed by atoms with Crippen molar-refractivity contribution < 1.29 is 9.53 Å². The predicted octanol–water partition coefficient (Wildman–Crippen LogP) is 0.709. The fourth-order valence-corrected chi connectivity index (χ4v) is 1.43. The third-order valence-corrected chi connectivity index (χ3v) is 2.39. The van der Waals surface area contributed by atoms with E-state index in [-0.39, 0.29) is 5.97 Å². The lowest BCUT2D eigenvalue weighted by Crippen LogP contribution is -2.36. The highest BCUT2D eigenvalue weighted by molar-refractivity contribution is 5.76. The summed E-state index contributed by atoms with van der Waals surface area (Å²) in [5, 5.41) is 7.28. The minimum atomic E-state index is -0.503. The molecule has 5 heteroatoms. The van der Waals surface area contributed by atoms with Crippen LogP contribution in [0.1, 0.15) is 19.4 Å². The molecule has 1 rings (SSSR count). The standard InChI is InChI=1S/C11H19N3O2/c1-11(2,10(15)16-4)8-12-5-9-6-13-14(3)7-9/h6-7,12H,5,8H2,1-4H3. The largest absolute Gasteiger partial charge is 0.469 e. The summed E-state index contributed by atoms with van der Waals surface area (Å²) >= 11 is 0. The Morgan fingerprint density at radius 1 is 1.62 bits per heavy atom. The summed E-state index contributed by atoms with van der Waals surface area (Å²) in [7, 11) is 3.28. The van der Waals surface area contributed by atoms with E-state index in [1.54, 1.807) is 10.9 Å². The van der Waals surface area contributed by atoms with Crippen LogP contribution in [0.2, 0.25) is 0 Å². The van der Waals surface area contributed by atoms with Gasteiger partial charge < -0.3 is 10.1 Å². The van der Waals surface area contributed by atoms with Gasteiger partial charge in [0, 0.05) is 31.9 Å². The van der Waals surface area contributed by atoms with Crippen molar-refractivity contribution in [3.63, 3.8) is 0 Å². The lowest BCUT2D eigenvalue weighted by Gasteiger charge is -2.21. The van der Waals surface area contributed by atoms with Crippen LogP contribution in [-0.2, 0) is 23.1 Å². The molecule has 0 aromatic carbocycles. The number of aryl methyl sites for hydroxylation is 1. The smallest absolute Gasteiger partial charge is 0.312 e. The predicted molar refractivity (Wildman–Crippen MR) is 60.7 cm³/mol. The van der Waals surface area contributed by atoms with Gasteiger partial charge in [0.05, 0.1) is 18.7 Å². The zero-order valence-corrected chi connectivity index (χ0v) is 10.3. The van der Waals surface area contributed by atoms with Crippen molar-refractivity contribution in [2.24, 2.45) is 12.5 Å². The number of hydrogen-bond donors (Lipinski definition) is 1. The molecule has 0 radical (unpaired) electrons. The average molecular weight is 225 g/mol. The van der Waals surface area contributed by atoms with Gasteiger partial charge in [0.15, 0.2) is 0 Å². The molecule has 0 aliphatic heterocycles. The summed E-state index contributed by atoms with van der Waals surface area (Å²) < 4.78 is 6.48. The van der Waals surface area contributed by atoms with Gasteiger partial charge in [-0.1, -0.05) is 0 Å². The van der Waals surface area contributed by atoms with Gasteiger partial charge in [0.25, 0.3) is 0 Å². The summed E-state index contributed by atoms with van der Waals surface area (Å²) in [5.41, 5.74) is 0.597. The third kappa shape index (κ3) is 3.34. The van der Waals surface area contributed by atoms with Gasteiger partial charge in [0.1, 0.15) is 0 Å². The number of hydrogen-bond acceptors (Lipinski definition) is 4. The van der Waals surface area contributed by atoms with Crippen molar-refractivity contribution in [2.45, 2.75) is 20.4 Å². The summed E-state index contributed by atoms with van der Waals surface area (Å²) in [5.74, 6) is -0.203. The number of esters is 1. The van der Waals surface area contributed by atoms with E-state index in [2.05, 4.69) is 10.4 Å². The molecule has 0 unspecified atom stereocenters. The van der Waals surface area contributed by atoms with Crippen LogP contribution in [-0.4, -0.2) is 29.4 Å². The summed E-state index contributed by atoms with van der Waals surface area (Å²) in [6.07, 6.45) is 3.75. The zero-order valence-electron chi connectivity index (χ0n) is 10.3. The zero-order chi connectivity index (χ0) is 12.2. The second kappa shape index (κ2) is 5.12. The molecule has 0 amide bonds. The van der Waals surface area contributed by atoms with Crippen LogP contribution in [0.5, 0.6) is 0 Å². The number of nitrogens with one attached hydrogen (secondary N) is 1. The van der Waals surface area contributed by atoms with Crippen molar-refractivity contribution >= 4 is 5.97 Å². The number of carbonyl (C=O) groups excluding carboxylic acids is 1. The van der Waals surface area contributed by atoms with E-state index in [0.29, 0.717) is 13.1 Å². The van der Waals surface area contributed by atoms with Crippen LogP contribution in [0.15, 0.2) is 12.4 Å². The van der Waals surface area contributed by atoms with Crippen molar-refractivity contribution in [1.82, 2.24) is 15.1 Å². The van der Waals surface area contributed by atoms with Gasteiger partial charge in [-0.2, -0.15) is 5.10 Å². The molecule has 0 saturated carbocycles. The van der Waals surface area contributed by atoms with Crippen LogP contribution < -0.4 is 5.32 Å². The molecule has 16 heavy (non-hydrogen) atoms. The third-order valence-electron chi connectivity index (χ3n) is 2.39. The highest BCUT2D eigenvalue weighted by Gasteiger charge is 2.27. The molecule has 1 aromatic heterocycles. The molecule has 1 N–H and O–H groups in total. The van der Waals surface area contributed by atoms with Gasteiger partial charge in [0.2, 0.25) is 0 Å². The summed E-state index contributed by atoms with van der Waals surface area (Å²) in [6, 6.07) is 0. The maximum Gasteiger partial charge on any atom is 0.312 e. The Kier molecular flexibility index (Phi) is 4.06. The first-order valence-electron chi connectivity index (χ1n) is 5.22. The summed E-state index contributed by atoms with van der Waals surface area (Å²) in [6.45, 7) is 4.99. The van der Waals surface area contributed by atoms with Crippen molar-refractivity contribution in [2.75, 3.05) is 13.7 Å². The number of aromatic nitrogens is 2. The van der Waals surface area contributed by atoms with Crippen LogP contribution in [0, 0.1) is 5.41 Å². The second-order valence-corrected chi connectivity index (χ2v) is 4.50. The average Bonchev–Trinajstić information content (AvgIpc) is 2.62. The normalized spacial score (nSPS) is 11.5. The first kappa shape index (κ1) is 12.7. The molecule has 0 bridgehead atoms. The van der Waals surface area contributed by atoms with E-state index >= 15 is 0 Å². The Balaban J connectivity index is 2.38. The van der Waals surface area contributed by atoms with Gasteiger partial charge in [-0.25, -0.2) is 0 Å². The van der Waals surface area contributed by atoms with Crippen LogP contribution in [0.3, 0.4) is 0 Å². The van der Waals surface area contributed by atoms with E-state index in [0.717, 1.165) is 5.56 Å². The molecular weight excluding hydrogens is 206 g/mol. The molecule has 1 heterocycles. The number of methoxy groups -OCH3 is 1. The minimum Gasteiger partial charge on any atom is -0.469 e. The fourth-order valence-electron chi connectivity index (χ4n) is 1.43. The van der Waals surface area contributed by atoms with Crippen molar-refractivity contribution in [3.05, 3.63) is 18.0 Å². The number of carbonyl (C=O) groups is 1. The Morgan fingerprint density at radius 3 is 2.81 bits per heavy atom. The van der Waals surface area contributed by atoms with E-state index in [4.69, 9.17) is 4.74 Å². The Labute approximate surface area is 95.8 Å². The Bertz CT molecular complexity index is 358. The number of ether oxygens (including phenoxy) is 1. The van der Waals surface area contributed by atoms with E-state index in [1.807, 2.05) is 27.1 Å².